The molecule has 1 aliphatic carbocycles. The molecule has 1 N–H and O–H groups in total. The van der Waals surface area contributed by atoms with Gasteiger partial charge in [-0.1, -0.05) is 122 Å². The molecule has 0 spiro atoms. The van der Waals surface area contributed by atoms with Gasteiger partial charge in [-0.2, -0.15) is 0 Å². The molecule has 52 heavy (non-hydrogen) atoms. The number of phenolic OH excluding ortho intramolecular Hbond substituents is 1. The average molecular weight is 858 g/mol. The van der Waals surface area contributed by atoms with Gasteiger partial charge < -0.3 is 19.7 Å². The first-order chi connectivity index (χ1) is 25.2. The molecule has 0 saturated heterocycles. The van der Waals surface area contributed by atoms with Gasteiger partial charge in [-0.15, -0.1) is 23.8 Å². The Labute approximate surface area is 318 Å². The van der Waals surface area contributed by atoms with E-state index < -0.39 is 0 Å². The standard InChI is InChI=1S/C46H36N3O2.Pt/c50-42-25-13-20-34-26-27-43(48-44(34)42)51-37-22-12-21-35(28-37)46-47-40-23-10-11-24-41(40)49(46)45-38(32-16-6-2-7-17-32)29-36(31-14-4-1-5-15-31)30-39(45)33-18-8-3-9-19-33;/h1-9,12-22,25-27,29-30,40-41,50H,10-11,23-24H2;/q-1;/t40-,41?;/m0./s1. The molecule has 7 aromatic rings. The van der Waals surface area contributed by atoms with Crippen molar-refractivity contribution in [1.29, 1.82) is 0 Å². The largest absolute Gasteiger partial charge is 0.506 e. The summed E-state index contributed by atoms with van der Waals surface area (Å²) in [5, 5.41) is 11.3. The predicted octanol–water partition coefficient (Wildman–Crippen LogP) is 11.1. The van der Waals surface area contributed by atoms with E-state index in [0.29, 0.717) is 17.1 Å². The minimum atomic E-state index is 0. The van der Waals surface area contributed by atoms with Gasteiger partial charge in [-0.25, -0.2) is 4.98 Å². The van der Waals surface area contributed by atoms with Crippen LogP contribution in [0.5, 0.6) is 17.4 Å². The minimum absolute atomic E-state index is 0. The monoisotopic (exact) mass is 857 g/mol. The van der Waals surface area contributed by atoms with Crippen LogP contribution in [0.4, 0.5) is 5.69 Å². The summed E-state index contributed by atoms with van der Waals surface area (Å²) in [6.07, 6.45) is 4.44. The number of ether oxygens (including phenoxy) is 1. The number of amidine groups is 1. The first-order valence-electron chi connectivity index (χ1n) is 17.7. The number of rotatable bonds is 7. The first-order valence-corrected chi connectivity index (χ1v) is 17.7. The molecule has 9 rings (SSSR count). The van der Waals surface area contributed by atoms with Crippen LogP contribution in [-0.2, 0) is 21.1 Å². The zero-order chi connectivity index (χ0) is 34.1. The second-order valence-corrected chi connectivity index (χ2v) is 13.3. The Morgan fingerprint density at radius 3 is 1.96 bits per heavy atom. The van der Waals surface area contributed by atoms with Crippen molar-refractivity contribution in [2.75, 3.05) is 4.90 Å². The third kappa shape index (κ3) is 6.42. The third-order valence-electron chi connectivity index (χ3n) is 10.1. The molecule has 5 nitrogen and oxygen atoms in total. The number of benzene rings is 6. The van der Waals surface area contributed by atoms with Gasteiger partial charge >= 0.3 is 0 Å². The Balaban J connectivity index is 0.00000387. The van der Waals surface area contributed by atoms with E-state index in [-0.39, 0.29) is 38.9 Å². The summed E-state index contributed by atoms with van der Waals surface area (Å²) >= 11 is 0. The van der Waals surface area contributed by atoms with Crippen molar-refractivity contribution in [3.63, 3.8) is 0 Å². The van der Waals surface area contributed by atoms with Crippen LogP contribution in [-0.4, -0.2) is 28.0 Å². The second-order valence-electron chi connectivity index (χ2n) is 13.3. The van der Waals surface area contributed by atoms with Gasteiger partial charge in [0.1, 0.15) is 11.3 Å². The van der Waals surface area contributed by atoms with Crippen LogP contribution in [0.3, 0.4) is 0 Å². The molecule has 2 aliphatic rings. The molecule has 1 fully saturated rings. The fourth-order valence-corrected chi connectivity index (χ4v) is 7.68. The number of pyridine rings is 1. The predicted molar refractivity (Wildman–Crippen MR) is 207 cm³/mol. The van der Waals surface area contributed by atoms with Crippen LogP contribution in [0, 0.1) is 6.07 Å². The third-order valence-corrected chi connectivity index (χ3v) is 10.1. The topological polar surface area (TPSA) is 58.0 Å². The maximum atomic E-state index is 10.4. The van der Waals surface area contributed by atoms with E-state index >= 15 is 0 Å². The summed E-state index contributed by atoms with van der Waals surface area (Å²) < 4.78 is 6.30. The molecule has 1 aromatic heterocycles. The first kappa shape index (κ1) is 33.6. The Hall–Kier alpha value is -5.51. The van der Waals surface area contributed by atoms with E-state index in [9.17, 15) is 5.11 Å². The zero-order valence-corrected chi connectivity index (χ0v) is 30.7. The molecule has 0 amide bonds. The van der Waals surface area contributed by atoms with Crippen molar-refractivity contribution >= 4 is 22.4 Å². The second kappa shape index (κ2) is 14.6. The van der Waals surface area contributed by atoms with Gasteiger partial charge in [0.2, 0.25) is 5.88 Å². The quantitative estimate of drug-likeness (QED) is 0.162. The number of hydrogen-bond donors (Lipinski definition) is 1. The van der Waals surface area contributed by atoms with Crippen molar-refractivity contribution in [1.82, 2.24) is 4.98 Å². The van der Waals surface area contributed by atoms with Crippen LogP contribution < -0.4 is 9.64 Å². The SMILES string of the molecule is Oc1cccc2ccc(Oc3[c-]c(C4=N[C@H]5CCCCC5N4c4c(-c5ccccc5)cc(-c5ccccc5)cc4-c4ccccc4)ccc3)nc12.[Pt]. The minimum Gasteiger partial charge on any atom is -0.506 e. The number of fused-ring (bicyclic) bond motifs is 2. The molecule has 258 valence electrons. The molecule has 0 bridgehead atoms. The normalized spacial score (nSPS) is 16.5. The molecule has 1 aliphatic heterocycles. The molecule has 2 heterocycles. The molecule has 6 heteroatoms. The number of hydrogen-bond acceptors (Lipinski definition) is 5. The van der Waals surface area contributed by atoms with Gasteiger partial charge in [0.15, 0.2) is 0 Å². The van der Waals surface area contributed by atoms with Crippen LogP contribution in [0.25, 0.3) is 44.3 Å². The van der Waals surface area contributed by atoms with Crippen molar-refractivity contribution in [3.05, 3.63) is 163 Å². The number of phenols is 1. The maximum Gasteiger partial charge on any atom is 0.217 e. The molecule has 1 saturated carbocycles. The summed E-state index contributed by atoms with van der Waals surface area (Å²) in [5.41, 5.74) is 9.54. The summed E-state index contributed by atoms with van der Waals surface area (Å²) in [6, 6.07) is 55.9. The van der Waals surface area contributed by atoms with Gasteiger partial charge in [-0.05, 0) is 59.4 Å². The maximum absolute atomic E-state index is 10.4. The smallest absolute Gasteiger partial charge is 0.217 e. The fraction of sp³-hybridized carbons (Fsp3) is 0.130. The van der Waals surface area contributed by atoms with Crippen LogP contribution in [0.1, 0.15) is 31.2 Å². The molecular formula is C46H36N3O2Pt-. The van der Waals surface area contributed by atoms with E-state index in [1.807, 2.05) is 36.4 Å². The van der Waals surface area contributed by atoms with E-state index in [1.54, 1.807) is 6.07 Å². The Bertz CT molecular complexity index is 2320. The van der Waals surface area contributed by atoms with Gasteiger partial charge in [0.25, 0.3) is 0 Å². The molecule has 1 unspecified atom stereocenters. The van der Waals surface area contributed by atoms with E-state index in [4.69, 9.17) is 9.73 Å². The van der Waals surface area contributed by atoms with E-state index in [1.165, 1.54) is 28.7 Å². The molecule has 6 aromatic carbocycles. The Morgan fingerprint density at radius 1 is 0.635 bits per heavy atom. The van der Waals surface area contributed by atoms with Crippen molar-refractivity contribution in [3.8, 4) is 50.8 Å². The van der Waals surface area contributed by atoms with E-state index in [0.717, 1.165) is 52.9 Å². The number of anilines is 1. The van der Waals surface area contributed by atoms with Crippen LogP contribution in [0.2, 0.25) is 0 Å². The van der Waals surface area contributed by atoms with Gasteiger partial charge in [0.05, 0.1) is 17.6 Å². The summed E-state index contributed by atoms with van der Waals surface area (Å²) in [7, 11) is 0. The van der Waals surface area contributed by atoms with Crippen molar-refractivity contribution in [2.45, 2.75) is 37.8 Å². The number of aromatic hydroxyl groups is 1. The van der Waals surface area contributed by atoms with Crippen LogP contribution >= 0.6 is 0 Å². The van der Waals surface area contributed by atoms with Crippen molar-refractivity contribution in [2.24, 2.45) is 4.99 Å². The van der Waals surface area contributed by atoms with E-state index in [2.05, 4.69) is 125 Å². The zero-order valence-electron chi connectivity index (χ0n) is 28.4. The summed E-state index contributed by atoms with van der Waals surface area (Å²) in [6.45, 7) is 0. The molecular weight excluding hydrogens is 822 g/mol. The summed E-state index contributed by atoms with van der Waals surface area (Å²) in [4.78, 5) is 12.6. The van der Waals surface area contributed by atoms with Gasteiger partial charge in [-0.3, -0.25) is 0 Å². The molecule has 0 radical (unpaired) electrons. The number of para-hydroxylation sites is 1. The summed E-state index contributed by atoms with van der Waals surface area (Å²) in [5.74, 6) is 1.96. The number of aromatic nitrogens is 1. The number of nitrogens with zero attached hydrogens (tertiary/aromatic N) is 3. The Kier molecular flexibility index (Phi) is 9.45. The molecule has 2 atom stereocenters. The Morgan fingerprint density at radius 2 is 1.27 bits per heavy atom. The average Bonchev–Trinajstić information content (AvgIpc) is 3.58. The fourth-order valence-electron chi connectivity index (χ4n) is 7.68. The van der Waals surface area contributed by atoms with Crippen molar-refractivity contribution < 1.29 is 30.9 Å². The van der Waals surface area contributed by atoms with Gasteiger partial charge in [0, 0.05) is 55.4 Å². The number of aliphatic imine (C=N–C) groups is 1. The van der Waals surface area contributed by atoms with Crippen LogP contribution in [0.15, 0.2) is 157 Å².